The molecule has 0 fully saturated rings. The van der Waals surface area contributed by atoms with Crippen LogP contribution in [0, 0.1) is 6.92 Å². The first kappa shape index (κ1) is 19.3. The van der Waals surface area contributed by atoms with Gasteiger partial charge in [0, 0.05) is 24.8 Å². The van der Waals surface area contributed by atoms with Gasteiger partial charge < -0.3 is 9.64 Å². The summed E-state index contributed by atoms with van der Waals surface area (Å²) in [6.07, 6.45) is 3.68. The summed E-state index contributed by atoms with van der Waals surface area (Å²) in [5, 5.41) is 5.13. The van der Waals surface area contributed by atoms with Crippen LogP contribution in [0.1, 0.15) is 27.9 Å². The molecule has 6 nitrogen and oxygen atoms in total. The van der Waals surface area contributed by atoms with E-state index in [2.05, 4.69) is 30.2 Å². The van der Waals surface area contributed by atoms with Crippen molar-refractivity contribution in [2.24, 2.45) is 7.05 Å². The molecule has 0 spiro atoms. The lowest BCUT2D eigenvalue weighted by atomic mass is 9.98. The SMILES string of the molecule is COc1ccc(-c2cc(C(=O)N3CCCc4cc(C)ccc43)c3cnn(C)c3n2)cc1. The standard InChI is InChI=1S/C25H24N4O2/c1-16-6-11-23-18(13-16)5-4-12-29(23)25(30)20-14-22(17-7-9-19(31-3)10-8-17)27-24-21(20)15-26-28(24)2/h6-11,13-15H,4-5,12H2,1-3H3. The lowest BCUT2D eigenvalue weighted by molar-refractivity contribution is 0.0986. The van der Waals surface area contributed by atoms with E-state index >= 15 is 0 Å². The van der Waals surface area contributed by atoms with Gasteiger partial charge in [-0.2, -0.15) is 5.10 Å². The molecular formula is C25H24N4O2. The van der Waals surface area contributed by atoms with Gasteiger partial charge >= 0.3 is 0 Å². The maximum atomic E-state index is 13.8. The first-order chi connectivity index (χ1) is 15.0. The minimum Gasteiger partial charge on any atom is -0.497 e. The molecule has 5 rings (SSSR count). The Hall–Kier alpha value is -3.67. The number of pyridine rings is 1. The molecule has 0 unspecified atom stereocenters. The Kier molecular flexibility index (Phi) is 4.70. The number of benzene rings is 2. The highest BCUT2D eigenvalue weighted by atomic mass is 16.5. The second-order valence-electron chi connectivity index (χ2n) is 7.98. The predicted octanol–water partition coefficient (Wildman–Crippen LogP) is 4.55. The van der Waals surface area contributed by atoms with E-state index in [4.69, 9.17) is 9.72 Å². The summed E-state index contributed by atoms with van der Waals surface area (Å²) < 4.78 is 6.98. The van der Waals surface area contributed by atoms with E-state index in [1.807, 2.05) is 42.3 Å². The van der Waals surface area contributed by atoms with E-state index in [1.54, 1.807) is 18.0 Å². The van der Waals surface area contributed by atoms with E-state index in [0.29, 0.717) is 17.8 Å². The number of fused-ring (bicyclic) bond motifs is 2. The fourth-order valence-electron chi connectivity index (χ4n) is 4.28. The van der Waals surface area contributed by atoms with Gasteiger partial charge in [0.05, 0.1) is 30.0 Å². The monoisotopic (exact) mass is 412 g/mol. The molecule has 2 aromatic carbocycles. The number of aromatic nitrogens is 3. The van der Waals surface area contributed by atoms with E-state index in [9.17, 15) is 4.79 Å². The Balaban J connectivity index is 1.63. The van der Waals surface area contributed by atoms with Gasteiger partial charge in [-0.3, -0.25) is 9.48 Å². The summed E-state index contributed by atoms with van der Waals surface area (Å²) in [6, 6.07) is 15.9. The zero-order chi connectivity index (χ0) is 21.5. The summed E-state index contributed by atoms with van der Waals surface area (Å²) >= 11 is 0. The number of carbonyl (C=O) groups is 1. The van der Waals surface area contributed by atoms with Crippen LogP contribution in [0.5, 0.6) is 5.75 Å². The third-order valence-electron chi connectivity index (χ3n) is 5.92. The summed E-state index contributed by atoms with van der Waals surface area (Å²) in [5.74, 6) is 0.766. The Morgan fingerprint density at radius 1 is 1.10 bits per heavy atom. The molecule has 6 heteroatoms. The van der Waals surface area contributed by atoms with Gasteiger partial charge in [0.15, 0.2) is 5.65 Å². The summed E-state index contributed by atoms with van der Waals surface area (Å²) in [5.41, 5.74) is 6.42. The molecule has 1 aliphatic heterocycles. The van der Waals surface area contributed by atoms with Crippen molar-refractivity contribution in [2.75, 3.05) is 18.6 Å². The van der Waals surface area contributed by atoms with Gasteiger partial charge in [-0.15, -0.1) is 0 Å². The lowest BCUT2D eigenvalue weighted by Gasteiger charge is -2.30. The number of nitrogens with zero attached hydrogens (tertiary/aromatic N) is 4. The second-order valence-corrected chi connectivity index (χ2v) is 7.98. The number of amides is 1. The minimum atomic E-state index is -0.0139. The van der Waals surface area contributed by atoms with Gasteiger partial charge in [-0.1, -0.05) is 17.7 Å². The maximum absolute atomic E-state index is 13.8. The Morgan fingerprint density at radius 2 is 1.90 bits per heavy atom. The minimum absolute atomic E-state index is 0.0139. The smallest absolute Gasteiger partial charge is 0.259 e. The molecule has 0 saturated carbocycles. The zero-order valence-electron chi connectivity index (χ0n) is 17.9. The zero-order valence-corrected chi connectivity index (χ0v) is 17.9. The largest absolute Gasteiger partial charge is 0.497 e. The Labute approximate surface area is 181 Å². The summed E-state index contributed by atoms with van der Waals surface area (Å²) in [7, 11) is 3.49. The third-order valence-corrected chi connectivity index (χ3v) is 5.92. The van der Waals surface area contributed by atoms with Crippen LogP contribution in [0.25, 0.3) is 22.3 Å². The van der Waals surface area contributed by atoms with Crippen molar-refractivity contribution in [1.29, 1.82) is 0 Å². The number of aryl methyl sites for hydroxylation is 3. The highest BCUT2D eigenvalue weighted by Gasteiger charge is 2.26. The molecule has 4 aromatic rings. The average molecular weight is 412 g/mol. The van der Waals surface area contributed by atoms with E-state index in [1.165, 1.54) is 11.1 Å². The Morgan fingerprint density at radius 3 is 2.68 bits per heavy atom. The van der Waals surface area contributed by atoms with Crippen LogP contribution in [0.4, 0.5) is 5.69 Å². The number of ether oxygens (including phenoxy) is 1. The highest BCUT2D eigenvalue weighted by Crippen LogP contribution is 2.32. The van der Waals surface area contributed by atoms with E-state index in [0.717, 1.165) is 40.9 Å². The van der Waals surface area contributed by atoms with Gasteiger partial charge in [-0.25, -0.2) is 4.98 Å². The Bertz CT molecular complexity index is 1290. The third kappa shape index (κ3) is 3.34. The van der Waals surface area contributed by atoms with Crippen LogP contribution in [0.2, 0.25) is 0 Å². The normalized spacial score (nSPS) is 13.3. The van der Waals surface area contributed by atoms with Gasteiger partial charge in [0.2, 0.25) is 0 Å². The van der Waals surface area contributed by atoms with Crippen molar-refractivity contribution in [3.8, 4) is 17.0 Å². The highest BCUT2D eigenvalue weighted by molar-refractivity contribution is 6.14. The molecule has 1 aliphatic rings. The predicted molar refractivity (Wildman–Crippen MR) is 122 cm³/mol. The topological polar surface area (TPSA) is 60.2 Å². The molecule has 31 heavy (non-hydrogen) atoms. The van der Waals surface area contributed by atoms with Crippen molar-refractivity contribution in [1.82, 2.24) is 14.8 Å². The molecule has 0 atom stereocenters. The van der Waals surface area contributed by atoms with Gasteiger partial charge in [0.25, 0.3) is 5.91 Å². The molecule has 2 aromatic heterocycles. The number of anilines is 1. The van der Waals surface area contributed by atoms with Crippen molar-refractivity contribution < 1.29 is 9.53 Å². The lowest BCUT2D eigenvalue weighted by Crippen LogP contribution is -2.35. The number of carbonyl (C=O) groups excluding carboxylic acids is 1. The molecule has 156 valence electrons. The number of rotatable bonds is 3. The molecule has 3 heterocycles. The van der Waals surface area contributed by atoms with Crippen LogP contribution in [0.3, 0.4) is 0 Å². The number of hydrogen-bond acceptors (Lipinski definition) is 4. The maximum Gasteiger partial charge on any atom is 0.259 e. The summed E-state index contributed by atoms with van der Waals surface area (Å²) in [6.45, 7) is 2.79. The molecule has 1 amide bonds. The first-order valence-corrected chi connectivity index (χ1v) is 10.4. The summed E-state index contributed by atoms with van der Waals surface area (Å²) in [4.78, 5) is 20.5. The number of hydrogen-bond donors (Lipinski definition) is 0. The fraction of sp³-hybridized carbons (Fsp3) is 0.240. The van der Waals surface area contributed by atoms with Crippen LogP contribution in [-0.2, 0) is 13.5 Å². The van der Waals surface area contributed by atoms with Gasteiger partial charge in [0.1, 0.15) is 5.75 Å². The molecular weight excluding hydrogens is 388 g/mol. The van der Waals surface area contributed by atoms with Crippen molar-refractivity contribution in [2.45, 2.75) is 19.8 Å². The van der Waals surface area contributed by atoms with Crippen molar-refractivity contribution in [3.63, 3.8) is 0 Å². The van der Waals surface area contributed by atoms with Gasteiger partial charge in [-0.05, 0) is 61.7 Å². The van der Waals surface area contributed by atoms with Crippen LogP contribution >= 0.6 is 0 Å². The van der Waals surface area contributed by atoms with Crippen LogP contribution in [0.15, 0.2) is 54.7 Å². The molecule has 0 radical (unpaired) electrons. The molecule has 0 saturated heterocycles. The fourth-order valence-corrected chi connectivity index (χ4v) is 4.28. The van der Waals surface area contributed by atoms with E-state index in [-0.39, 0.29) is 5.91 Å². The van der Waals surface area contributed by atoms with E-state index < -0.39 is 0 Å². The molecule has 0 aliphatic carbocycles. The van der Waals surface area contributed by atoms with Crippen molar-refractivity contribution >= 4 is 22.6 Å². The molecule has 0 N–H and O–H groups in total. The second kappa shape index (κ2) is 7.54. The van der Waals surface area contributed by atoms with Crippen molar-refractivity contribution in [3.05, 3.63) is 71.4 Å². The first-order valence-electron chi connectivity index (χ1n) is 10.4. The van der Waals surface area contributed by atoms with Crippen LogP contribution in [-0.4, -0.2) is 34.3 Å². The molecule has 0 bridgehead atoms. The number of methoxy groups -OCH3 is 1. The van der Waals surface area contributed by atoms with Crippen LogP contribution < -0.4 is 9.64 Å². The quantitative estimate of drug-likeness (QED) is 0.495. The average Bonchev–Trinajstić information content (AvgIpc) is 3.18.